The number of amidine groups is 1. The van der Waals surface area contributed by atoms with E-state index in [1.807, 2.05) is 24.3 Å². The number of benzene rings is 2. The van der Waals surface area contributed by atoms with Gasteiger partial charge in [-0.2, -0.15) is 5.10 Å². The van der Waals surface area contributed by atoms with Crippen molar-refractivity contribution in [3.63, 3.8) is 0 Å². The Labute approximate surface area is 157 Å². The number of nitrogens with one attached hydrogen (secondary N) is 1. The highest BCUT2D eigenvalue weighted by atomic mass is 32.2. The Hall–Kier alpha value is -2.81. The molecule has 138 valence electrons. The number of carbonyl (C=O) groups is 1. The van der Waals surface area contributed by atoms with Crippen LogP contribution in [0.15, 0.2) is 46.5 Å². The topological polar surface area (TPSA) is 57.1 Å². The first-order chi connectivity index (χ1) is 13.0. The Morgan fingerprint density at radius 1 is 1.19 bits per heavy atom. The van der Waals surface area contributed by atoms with Crippen LogP contribution in [0.5, 0.6) is 0 Å². The Morgan fingerprint density at radius 3 is 2.85 bits per heavy atom. The van der Waals surface area contributed by atoms with E-state index in [4.69, 9.17) is 0 Å². The van der Waals surface area contributed by atoms with Gasteiger partial charge in [-0.05, 0) is 18.2 Å². The van der Waals surface area contributed by atoms with Crippen molar-refractivity contribution < 1.29 is 18.0 Å². The molecule has 2 aliphatic rings. The Bertz CT molecular complexity index is 979. The third-order valence-corrected chi connectivity index (χ3v) is 5.12. The molecule has 0 bridgehead atoms. The van der Waals surface area contributed by atoms with E-state index >= 15 is 0 Å². The first-order valence-corrected chi connectivity index (χ1v) is 9.08. The maximum absolute atomic E-state index is 13.7. The third-order valence-electron chi connectivity index (χ3n) is 4.18. The minimum Gasteiger partial charge on any atom is -0.323 e. The molecule has 2 heterocycles. The van der Waals surface area contributed by atoms with E-state index in [1.165, 1.54) is 0 Å². The molecule has 1 atom stereocenters. The fourth-order valence-corrected chi connectivity index (χ4v) is 3.72. The molecule has 2 aromatic carbocycles. The quantitative estimate of drug-likeness (QED) is 0.799. The zero-order valence-electron chi connectivity index (χ0n) is 13.8. The van der Waals surface area contributed by atoms with Gasteiger partial charge in [0.2, 0.25) is 5.91 Å². The van der Waals surface area contributed by atoms with Crippen LogP contribution in [0.1, 0.15) is 18.0 Å². The van der Waals surface area contributed by atoms with E-state index in [1.54, 1.807) is 11.2 Å². The summed E-state index contributed by atoms with van der Waals surface area (Å²) in [6.45, 7) is 0. The van der Waals surface area contributed by atoms with Gasteiger partial charge in [0, 0.05) is 18.2 Å². The number of halogens is 3. The molecular weight excluding hydrogens is 377 g/mol. The van der Waals surface area contributed by atoms with Gasteiger partial charge in [-0.25, -0.2) is 23.2 Å². The molecule has 0 fully saturated rings. The Morgan fingerprint density at radius 2 is 2.00 bits per heavy atom. The number of anilines is 1. The van der Waals surface area contributed by atoms with Crippen LogP contribution in [0.25, 0.3) is 0 Å². The van der Waals surface area contributed by atoms with Gasteiger partial charge in [-0.3, -0.25) is 4.79 Å². The molecule has 5 nitrogen and oxygen atoms in total. The Kier molecular flexibility index (Phi) is 4.61. The second kappa shape index (κ2) is 7.07. The number of thioether (sulfide) groups is 1. The van der Waals surface area contributed by atoms with Crippen molar-refractivity contribution in [2.45, 2.75) is 12.5 Å². The van der Waals surface area contributed by atoms with Crippen LogP contribution in [0, 0.1) is 17.5 Å². The molecule has 0 aromatic heterocycles. The van der Waals surface area contributed by atoms with Crippen LogP contribution in [-0.4, -0.2) is 28.1 Å². The lowest BCUT2D eigenvalue weighted by molar-refractivity contribution is -0.113. The van der Waals surface area contributed by atoms with Gasteiger partial charge in [0.05, 0.1) is 23.2 Å². The fraction of sp³-hybridized carbons (Fsp3) is 0.167. The molecule has 2 aromatic rings. The van der Waals surface area contributed by atoms with Gasteiger partial charge < -0.3 is 5.32 Å². The first-order valence-electron chi connectivity index (χ1n) is 8.10. The summed E-state index contributed by atoms with van der Waals surface area (Å²) < 4.78 is 39.9. The number of hydrazone groups is 1. The largest absolute Gasteiger partial charge is 0.323 e. The summed E-state index contributed by atoms with van der Waals surface area (Å²) >= 11 is 1.14. The van der Waals surface area contributed by atoms with Gasteiger partial charge in [-0.15, -0.1) is 0 Å². The van der Waals surface area contributed by atoms with Gasteiger partial charge >= 0.3 is 0 Å². The van der Waals surface area contributed by atoms with E-state index in [9.17, 15) is 18.0 Å². The number of rotatable bonds is 3. The number of hydrogen-bond acceptors (Lipinski definition) is 5. The van der Waals surface area contributed by atoms with Gasteiger partial charge in [-0.1, -0.05) is 30.0 Å². The number of aliphatic imine (C=N–C) groups is 1. The smallest absolute Gasteiger partial charge is 0.234 e. The molecule has 9 heteroatoms. The zero-order chi connectivity index (χ0) is 19.0. The molecule has 0 radical (unpaired) electrons. The minimum absolute atomic E-state index is 0.0351. The maximum Gasteiger partial charge on any atom is 0.234 e. The highest BCUT2D eigenvalue weighted by Gasteiger charge is 2.32. The van der Waals surface area contributed by atoms with Crippen molar-refractivity contribution in [3.05, 3.63) is 59.4 Å². The highest BCUT2D eigenvalue weighted by molar-refractivity contribution is 8.14. The molecule has 1 amide bonds. The minimum atomic E-state index is -1.62. The summed E-state index contributed by atoms with van der Waals surface area (Å²) in [5.41, 5.74) is 1.47. The zero-order valence-corrected chi connectivity index (χ0v) is 14.6. The molecule has 2 aliphatic heterocycles. The predicted octanol–water partition coefficient (Wildman–Crippen LogP) is 4.21. The first kappa shape index (κ1) is 17.6. The highest BCUT2D eigenvalue weighted by Crippen LogP contribution is 2.40. The molecule has 0 saturated carbocycles. The van der Waals surface area contributed by atoms with Crippen LogP contribution in [0.2, 0.25) is 0 Å². The molecule has 0 aliphatic carbocycles. The number of nitrogens with zero attached hydrogens (tertiary/aromatic N) is 3. The lowest BCUT2D eigenvalue weighted by Crippen LogP contribution is -2.29. The second-order valence-electron chi connectivity index (χ2n) is 5.91. The molecule has 4 rings (SSSR count). The van der Waals surface area contributed by atoms with E-state index in [0.717, 1.165) is 41.6 Å². The number of fused-ring (bicyclic) bond motifs is 3. The molecule has 27 heavy (non-hydrogen) atoms. The summed E-state index contributed by atoms with van der Waals surface area (Å²) in [6.07, 6.45) is 2.53. The van der Waals surface area contributed by atoms with Crippen molar-refractivity contribution in [3.8, 4) is 0 Å². The van der Waals surface area contributed by atoms with Gasteiger partial charge in [0.25, 0.3) is 0 Å². The van der Waals surface area contributed by atoms with Crippen molar-refractivity contribution in [1.82, 2.24) is 5.01 Å². The monoisotopic (exact) mass is 390 g/mol. The summed E-state index contributed by atoms with van der Waals surface area (Å²) in [7, 11) is 0. The molecule has 0 saturated heterocycles. The SMILES string of the molecule is O=C(CSC1=Nc2ccccc2[C@H]2CC=NN12)Nc1ccc(F)c(F)c1F. The number of para-hydroxylation sites is 1. The lowest BCUT2D eigenvalue weighted by Gasteiger charge is -2.29. The van der Waals surface area contributed by atoms with E-state index < -0.39 is 29.0 Å². The molecular formula is C18H13F3N4OS. The van der Waals surface area contributed by atoms with E-state index in [2.05, 4.69) is 15.4 Å². The van der Waals surface area contributed by atoms with Crippen LogP contribution in [0.4, 0.5) is 24.5 Å². The average Bonchev–Trinajstić information content (AvgIpc) is 3.17. The summed E-state index contributed by atoms with van der Waals surface area (Å²) in [5, 5.41) is 8.85. The Balaban J connectivity index is 1.47. The van der Waals surface area contributed by atoms with Crippen molar-refractivity contribution in [2.75, 3.05) is 11.1 Å². The normalized spacial score (nSPS) is 17.4. The molecule has 0 unspecified atom stereocenters. The van der Waals surface area contributed by atoms with Crippen LogP contribution >= 0.6 is 11.8 Å². The maximum atomic E-state index is 13.7. The average molecular weight is 390 g/mol. The van der Waals surface area contributed by atoms with Crippen molar-refractivity contribution in [2.24, 2.45) is 10.1 Å². The van der Waals surface area contributed by atoms with Crippen LogP contribution in [-0.2, 0) is 4.79 Å². The second-order valence-corrected chi connectivity index (χ2v) is 6.85. The summed E-state index contributed by atoms with van der Waals surface area (Å²) in [6, 6.07) is 9.47. The van der Waals surface area contributed by atoms with E-state index in [-0.39, 0.29) is 11.8 Å². The van der Waals surface area contributed by atoms with E-state index in [0.29, 0.717) is 5.17 Å². The third kappa shape index (κ3) is 3.30. The van der Waals surface area contributed by atoms with Gasteiger partial charge in [0.1, 0.15) is 0 Å². The van der Waals surface area contributed by atoms with Crippen LogP contribution < -0.4 is 5.32 Å². The van der Waals surface area contributed by atoms with Crippen LogP contribution in [0.3, 0.4) is 0 Å². The fourth-order valence-electron chi connectivity index (χ4n) is 2.92. The van der Waals surface area contributed by atoms with Crippen molar-refractivity contribution in [1.29, 1.82) is 0 Å². The standard InChI is InChI=1S/C18H13F3N4OS/c19-11-5-6-13(17(21)16(11)20)23-15(26)9-27-18-24-12-4-2-1-3-10(12)14-7-8-22-25(14)18/h1-6,8,14H,7,9H2,(H,23,26)/t14-/m1/s1. The van der Waals surface area contributed by atoms with Crippen molar-refractivity contribution >= 4 is 40.4 Å². The number of carbonyl (C=O) groups excluding carboxylic acids is 1. The molecule has 1 N–H and O–H groups in total. The number of hydrogen-bond donors (Lipinski definition) is 1. The lowest BCUT2D eigenvalue weighted by atomic mass is 10.0. The summed E-state index contributed by atoms with van der Waals surface area (Å²) in [4.78, 5) is 16.7. The number of amides is 1. The summed E-state index contributed by atoms with van der Waals surface area (Å²) in [5.74, 6) is -5.01. The predicted molar refractivity (Wildman–Crippen MR) is 98.6 cm³/mol. The molecule has 0 spiro atoms. The van der Waals surface area contributed by atoms with Gasteiger partial charge in [0.15, 0.2) is 22.6 Å².